The predicted molar refractivity (Wildman–Crippen MR) is 64.1 cm³/mol. The fraction of sp³-hybridized carbons (Fsp3) is 0.333. The molecule has 1 N–H and O–H groups in total. The molecule has 0 saturated heterocycles. The molecule has 5 heteroatoms. The molecule has 0 aromatic carbocycles. The van der Waals surface area contributed by atoms with Gasteiger partial charge in [-0.15, -0.1) is 0 Å². The maximum absolute atomic E-state index is 12.1. The minimum absolute atomic E-state index is 0.185. The second-order valence-electron chi connectivity index (χ2n) is 4.04. The lowest BCUT2D eigenvalue weighted by atomic mass is 10.1. The standard InChI is InChI=1S/C12H15N3O2/c1-7-8(2)17-9(3)11(7)12(16)13-10-5-6-15(4)14-10/h5-6H,1-4H3,(H,13,14,16). The molecule has 2 rings (SSSR count). The maximum Gasteiger partial charge on any atom is 0.260 e. The summed E-state index contributed by atoms with van der Waals surface area (Å²) in [7, 11) is 1.80. The van der Waals surface area contributed by atoms with E-state index in [0.29, 0.717) is 17.1 Å². The molecule has 5 nitrogen and oxygen atoms in total. The monoisotopic (exact) mass is 233 g/mol. The lowest BCUT2D eigenvalue weighted by molar-refractivity contribution is 0.102. The molecule has 2 aromatic heterocycles. The Balaban J connectivity index is 2.26. The molecule has 0 radical (unpaired) electrons. The number of rotatable bonds is 2. The topological polar surface area (TPSA) is 60.1 Å². The number of aromatic nitrogens is 2. The Morgan fingerprint density at radius 3 is 2.53 bits per heavy atom. The number of anilines is 1. The third-order valence-electron chi connectivity index (χ3n) is 2.74. The van der Waals surface area contributed by atoms with E-state index in [0.717, 1.165) is 11.3 Å². The van der Waals surface area contributed by atoms with Crippen molar-refractivity contribution in [1.29, 1.82) is 0 Å². The van der Waals surface area contributed by atoms with Gasteiger partial charge in [-0.3, -0.25) is 9.48 Å². The first kappa shape index (κ1) is 11.4. The van der Waals surface area contributed by atoms with Crippen LogP contribution in [0.1, 0.15) is 27.4 Å². The summed E-state index contributed by atoms with van der Waals surface area (Å²) in [5.41, 5.74) is 1.46. The molecule has 0 atom stereocenters. The second kappa shape index (κ2) is 4.08. The third kappa shape index (κ3) is 2.08. The van der Waals surface area contributed by atoms with Gasteiger partial charge < -0.3 is 9.73 Å². The van der Waals surface area contributed by atoms with Crippen molar-refractivity contribution >= 4 is 11.7 Å². The van der Waals surface area contributed by atoms with Crippen LogP contribution in [-0.4, -0.2) is 15.7 Å². The lowest BCUT2D eigenvalue weighted by Gasteiger charge is -2.01. The molecule has 1 amide bonds. The average Bonchev–Trinajstić information content (AvgIpc) is 2.73. The summed E-state index contributed by atoms with van der Waals surface area (Å²) < 4.78 is 7.06. The van der Waals surface area contributed by atoms with Gasteiger partial charge in [-0.1, -0.05) is 0 Å². The average molecular weight is 233 g/mol. The Morgan fingerprint density at radius 2 is 2.06 bits per heavy atom. The van der Waals surface area contributed by atoms with E-state index in [1.807, 2.05) is 13.8 Å². The Hall–Kier alpha value is -2.04. The molecule has 0 saturated carbocycles. The molecule has 0 aliphatic rings. The smallest absolute Gasteiger partial charge is 0.260 e. The van der Waals surface area contributed by atoms with Crippen molar-refractivity contribution < 1.29 is 9.21 Å². The van der Waals surface area contributed by atoms with Crippen LogP contribution in [0.25, 0.3) is 0 Å². The first-order valence-electron chi connectivity index (χ1n) is 5.36. The molecule has 0 aliphatic heterocycles. The second-order valence-corrected chi connectivity index (χ2v) is 4.04. The van der Waals surface area contributed by atoms with Crippen LogP contribution in [0.3, 0.4) is 0 Å². The van der Waals surface area contributed by atoms with Crippen molar-refractivity contribution in [1.82, 2.24) is 9.78 Å². The van der Waals surface area contributed by atoms with Crippen LogP contribution in [0.5, 0.6) is 0 Å². The van der Waals surface area contributed by atoms with Crippen LogP contribution >= 0.6 is 0 Å². The van der Waals surface area contributed by atoms with Crippen molar-refractivity contribution in [2.24, 2.45) is 7.05 Å². The molecule has 2 heterocycles. The van der Waals surface area contributed by atoms with Gasteiger partial charge in [0, 0.05) is 24.9 Å². The fourth-order valence-corrected chi connectivity index (χ4v) is 1.79. The van der Waals surface area contributed by atoms with Crippen LogP contribution in [-0.2, 0) is 7.05 Å². The van der Waals surface area contributed by atoms with E-state index in [9.17, 15) is 4.79 Å². The first-order chi connectivity index (χ1) is 7.99. The summed E-state index contributed by atoms with van der Waals surface area (Å²) in [6.07, 6.45) is 1.77. The largest absolute Gasteiger partial charge is 0.466 e. The molecule has 0 bridgehead atoms. The molecule has 17 heavy (non-hydrogen) atoms. The van der Waals surface area contributed by atoms with E-state index in [-0.39, 0.29) is 5.91 Å². The van der Waals surface area contributed by atoms with Gasteiger partial charge >= 0.3 is 0 Å². The number of carbonyl (C=O) groups is 1. The van der Waals surface area contributed by atoms with E-state index in [1.165, 1.54) is 0 Å². The van der Waals surface area contributed by atoms with Crippen molar-refractivity contribution in [3.8, 4) is 0 Å². The predicted octanol–water partition coefficient (Wildman–Crippen LogP) is 2.19. The van der Waals surface area contributed by atoms with Crippen LogP contribution in [0.15, 0.2) is 16.7 Å². The van der Waals surface area contributed by atoms with E-state index >= 15 is 0 Å². The highest BCUT2D eigenvalue weighted by molar-refractivity contribution is 6.05. The number of furan rings is 1. The zero-order chi connectivity index (χ0) is 12.6. The number of nitrogens with one attached hydrogen (secondary N) is 1. The first-order valence-corrected chi connectivity index (χ1v) is 5.36. The molecule has 0 spiro atoms. The molecule has 2 aromatic rings. The van der Waals surface area contributed by atoms with Crippen LogP contribution < -0.4 is 5.32 Å². The summed E-state index contributed by atoms with van der Waals surface area (Å²) in [6, 6.07) is 1.75. The Kier molecular flexibility index (Phi) is 2.75. The summed E-state index contributed by atoms with van der Waals surface area (Å²) in [5, 5.41) is 6.84. The SMILES string of the molecule is Cc1oc(C)c(C(=O)Nc2ccn(C)n2)c1C. The molecule has 0 aliphatic carbocycles. The van der Waals surface area contributed by atoms with E-state index in [4.69, 9.17) is 4.42 Å². The minimum atomic E-state index is -0.185. The zero-order valence-corrected chi connectivity index (χ0v) is 10.4. The highest BCUT2D eigenvalue weighted by atomic mass is 16.3. The van der Waals surface area contributed by atoms with Crippen LogP contribution in [0.2, 0.25) is 0 Å². The number of carbonyl (C=O) groups excluding carboxylic acids is 1. The van der Waals surface area contributed by atoms with Gasteiger partial charge in [-0.2, -0.15) is 5.10 Å². The quantitative estimate of drug-likeness (QED) is 0.864. The number of hydrogen-bond donors (Lipinski definition) is 1. The van der Waals surface area contributed by atoms with Gasteiger partial charge in [0.05, 0.1) is 5.56 Å². The lowest BCUT2D eigenvalue weighted by Crippen LogP contribution is -2.14. The minimum Gasteiger partial charge on any atom is -0.466 e. The van der Waals surface area contributed by atoms with Crippen LogP contribution in [0, 0.1) is 20.8 Å². The molecular formula is C12H15N3O2. The number of nitrogens with zero attached hydrogens (tertiary/aromatic N) is 2. The number of hydrogen-bond acceptors (Lipinski definition) is 3. The molecule has 0 unspecified atom stereocenters. The number of amides is 1. The summed E-state index contributed by atoms with van der Waals surface area (Å²) in [6.45, 7) is 5.51. The maximum atomic E-state index is 12.1. The molecule has 90 valence electrons. The summed E-state index contributed by atoms with van der Waals surface area (Å²) in [4.78, 5) is 12.1. The van der Waals surface area contributed by atoms with E-state index in [2.05, 4.69) is 10.4 Å². The van der Waals surface area contributed by atoms with Gasteiger partial charge in [0.2, 0.25) is 0 Å². The summed E-state index contributed by atoms with van der Waals surface area (Å²) in [5.74, 6) is 1.76. The highest BCUT2D eigenvalue weighted by Gasteiger charge is 2.18. The normalized spacial score (nSPS) is 10.6. The van der Waals surface area contributed by atoms with Crippen molar-refractivity contribution in [3.05, 3.63) is 34.9 Å². The van der Waals surface area contributed by atoms with Gasteiger partial charge in [-0.05, 0) is 20.8 Å². The van der Waals surface area contributed by atoms with Crippen LogP contribution in [0.4, 0.5) is 5.82 Å². The fourth-order valence-electron chi connectivity index (χ4n) is 1.79. The van der Waals surface area contributed by atoms with Crippen molar-refractivity contribution in [2.75, 3.05) is 5.32 Å². The highest BCUT2D eigenvalue weighted by Crippen LogP contribution is 2.21. The van der Waals surface area contributed by atoms with Crippen molar-refractivity contribution in [3.63, 3.8) is 0 Å². The van der Waals surface area contributed by atoms with Gasteiger partial charge in [0.15, 0.2) is 5.82 Å². The summed E-state index contributed by atoms with van der Waals surface area (Å²) >= 11 is 0. The van der Waals surface area contributed by atoms with Gasteiger partial charge in [0.25, 0.3) is 5.91 Å². The Labute approximate surface area is 99.4 Å². The Bertz CT molecular complexity index is 566. The third-order valence-corrected chi connectivity index (χ3v) is 2.74. The van der Waals surface area contributed by atoms with Gasteiger partial charge in [0.1, 0.15) is 11.5 Å². The van der Waals surface area contributed by atoms with Crippen molar-refractivity contribution in [2.45, 2.75) is 20.8 Å². The van der Waals surface area contributed by atoms with Gasteiger partial charge in [-0.25, -0.2) is 0 Å². The zero-order valence-electron chi connectivity index (χ0n) is 10.4. The van der Waals surface area contributed by atoms with E-state index < -0.39 is 0 Å². The molecule has 0 fully saturated rings. The van der Waals surface area contributed by atoms with E-state index in [1.54, 1.807) is 30.9 Å². The Morgan fingerprint density at radius 1 is 1.35 bits per heavy atom. The number of aryl methyl sites for hydroxylation is 3. The molecular weight excluding hydrogens is 218 g/mol.